The predicted octanol–water partition coefficient (Wildman–Crippen LogP) is 6.33. The summed E-state index contributed by atoms with van der Waals surface area (Å²) >= 11 is 0. The highest BCUT2D eigenvalue weighted by Gasteiger charge is 2.20. The number of methoxy groups -OCH3 is 3. The highest BCUT2D eigenvalue weighted by molar-refractivity contribution is 6.25. The summed E-state index contributed by atoms with van der Waals surface area (Å²) in [6.07, 6.45) is 0. The van der Waals surface area contributed by atoms with Crippen molar-refractivity contribution < 1.29 is 18.6 Å². The molecule has 1 aromatic heterocycles. The Morgan fingerprint density at radius 3 is 1.91 bits per heavy atom. The van der Waals surface area contributed by atoms with Crippen molar-refractivity contribution in [2.45, 2.75) is 0 Å². The first-order valence-corrected chi connectivity index (χ1v) is 10.5. The largest absolute Gasteiger partial charge is 0.493 e. The summed E-state index contributed by atoms with van der Waals surface area (Å²) in [4.78, 5) is 0. The van der Waals surface area contributed by atoms with Crippen molar-refractivity contribution in [3.63, 3.8) is 0 Å². The van der Waals surface area contributed by atoms with Gasteiger partial charge in [0.2, 0.25) is 17.5 Å². The van der Waals surface area contributed by atoms with E-state index in [-0.39, 0.29) is 0 Å². The molecular weight excluding hydrogens is 416 g/mol. The predicted molar refractivity (Wildman–Crippen MR) is 129 cm³/mol. The van der Waals surface area contributed by atoms with Crippen LogP contribution < -0.4 is 14.2 Å². The molecule has 6 rings (SSSR count). The third-order valence-electron chi connectivity index (χ3n) is 6.10. The van der Waals surface area contributed by atoms with Gasteiger partial charge in [0.05, 0.1) is 21.3 Å². The van der Waals surface area contributed by atoms with Gasteiger partial charge in [-0.15, -0.1) is 10.2 Å². The lowest BCUT2D eigenvalue weighted by molar-refractivity contribution is 0.324. The van der Waals surface area contributed by atoms with Crippen LogP contribution in [0.25, 0.3) is 55.2 Å². The highest BCUT2D eigenvalue weighted by Crippen LogP contribution is 2.42. The van der Waals surface area contributed by atoms with Crippen LogP contribution in [0.1, 0.15) is 0 Å². The summed E-state index contributed by atoms with van der Waals surface area (Å²) in [5.41, 5.74) is 1.58. The van der Waals surface area contributed by atoms with E-state index in [9.17, 15) is 0 Å². The zero-order valence-electron chi connectivity index (χ0n) is 18.4. The molecule has 0 unspecified atom stereocenters. The van der Waals surface area contributed by atoms with Crippen molar-refractivity contribution >= 4 is 32.3 Å². The topological polar surface area (TPSA) is 66.6 Å². The van der Waals surface area contributed by atoms with Gasteiger partial charge >= 0.3 is 0 Å². The third kappa shape index (κ3) is 2.88. The molecule has 5 aromatic carbocycles. The van der Waals surface area contributed by atoms with Gasteiger partial charge in [0.1, 0.15) is 0 Å². The molecule has 0 N–H and O–H groups in total. The Labute approximate surface area is 189 Å². The summed E-state index contributed by atoms with van der Waals surface area (Å²) < 4.78 is 22.5. The molecule has 0 spiro atoms. The maximum Gasteiger partial charge on any atom is 0.248 e. The molecule has 0 fully saturated rings. The molecule has 6 nitrogen and oxygen atoms in total. The lowest BCUT2D eigenvalue weighted by Gasteiger charge is -2.13. The second-order valence-electron chi connectivity index (χ2n) is 7.80. The summed E-state index contributed by atoms with van der Waals surface area (Å²) in [5.74, 6) is 2.38. The average Bonchev–Trinajstić information content (AvgIpc) is 3.36. The van der Waals surface area contributed by atoms with Crippen LogP contribution >= 0.6 is 0 Å². The van der Waals surface area contributed by atoms with E-state index in [1.165, 1.54) is 26.9 Å². The number of hydrogen-bond donors (Lipinski definition) is 0. The van der Waals surface area contributed by atoms with Gasteiger partial charge in [0.25, 0.3) is 0 Å². The molecule has 6 aromatic rings. The molecular formula is C27H20N2O4. The molecule has 0 bridgehead atoms. The quantitative estimate of drug-likeness (QED) is 0.294. The molecule has 0 aliphatic carbocycles. The van der Waals surface area contributed by atoms with Crippen LogP contribution in [0, 0.1) is 0 Å². The average molecular weight is 436 g/mol. The van der Waals surface area contributed by atoms with Gasteiger partial charge in [-0.2, -0.15) is 0 Å². The molecule has 0 aliphatic rings. The minimum absolute atomic E-state index is 0.370. The first-order valence-electron chi connectivity index (χ1n) is 10.5. The van der Waals surface area contributed by atoms with Crippen molar-refractivity contribution in [1.82, 2.24) is 10.2 Å². The van der Waals surface area contributed by atoms with E-state index in [0.717, 1.165) is 10.9 Å². The fraction of sp³-hybridized carbons (Fsp3) is 0.111. The van der Waals surface area contributed by atoms with Crippen LogP contribution in [0.15, 0.2) is 71.1 Å². The van der Waals surface area contributed by atoms with Crippen LogP contribution in [-0.4, -0.2) is 31.5 Å². The fourth-order valence-corrected chi connectivity index (χ4v) is 4.58. The zero-order chi connectivity index (χ0) is 22.5. The van der Waals surface area contributed by atoms with Gasteiger partial charge in [-0.3, -0.25) is 0 Å². The van der Waals surface area contributed by atoms with Gasteiger partial charge in [-0.25, -0.2) is 0 Å². The van der Waals surface area contributed by atoms with Crippen molar-refractivity contribution in [2.24, 2.45) is 0 Å². The SMILES string of the molecule is COc1cc(-c2nnc(-c3ccc4ccc5cccc6ccc3c4c56)o2)cc(OC)c1OC. The fourth-order valence-electron chi connectivity index (χ4n) is 4.58. The first kappa shape index (κ1) is 19.4. The van der Waals surface area contributed by atoms with Crippen molar-refractivity contribution in [2.75, 3.05) is 21.3 Å². The van der Waals surface area contributed by atoms with Crippen molar-refractivity contribution in [1.29, 1.82) is 0 Å². The Bertz CT molecular complexity index is 1600. The van der Waals surface area contributed by atoms with E-state index in [2.05, 4.69) is 58.7 Å². The summed E-state index contributed by atoms with van der Waals surface area (Å²) in [7, 11) is 4.72. The molecule has 33 heavy (non-hydrogen) atoms. The Kier molecular flexibility index (Phi) is 4.33. The molecule has 1 heterocycles. The van der Waals surface area contributed by atoms with Gasteiger partial charge in [-0.1, -0.05) is 48.5 Å². The van der Waals surface area contributed by atoms with Crippen molar-refractivity contribution in [3.8, 4) is 40.2 Å². The minimum atomic E-state index is 0.370. The lowest BCUT2D eigenvalue weighted by atomic mass is 9.92. The van der Waals surface area contributed by atoms with Gasteiger partial charge < -0.3 is 18.6 Å². The second kappa shape index (κ2) is 7.38. The molecule has 0 saturated heterocycles. The Hall–Kier alpha value is -4.32. The molecule has 0 aliphatic heterocycles. The molecule has 0 saturated carbocycles. The molecule has 0 radical (unpaired) electrons. The number of hydrogen-bond acceptors (Lipinski definition) is 6. The minimum Gasteiger partial charge on any atom is -0.493 e. The smallest absolute Gasteiger partial charge is 0.248 e. The van der Waals surface area contributed by atoms with Crippen LogP contribution in [0.3, 0.4) is 0 Å². The van der Waals surface area contributed by atoms with Crippen LogP contribution in [-0.2, 0) is 0 Å². The molecule has 162 valence electrons. The number of aromatic nitrogens is 2. The van der Waals surface area contributed by atoms with E-state index in [1.807, 2.05) is 6.07 Å². The van der Waals surface area contributed by atoms with Gasteiger partial charge in [0, 0.05) is 11.1 Å². The lowest BCUT2D eigenvalue weighted by Crippen LogP contribution is -1.95. The van der Waals surface area contributed by atoms with E-state index >= 15 is 0 Å². The maximum atomic E-state index is 6.14. The Morgan fingerprint density at radius 2 is 1.24 bits per heavy atom. The standard InChI is InChI=1S/C27H20N2O4/c1-30-21-13-18(14-22(31-2)25(21)32-3)26-28-29-27(33-26)20-12-10-17-8-7-15-5-4-6-16-9-11-19(20)24(17)23(15)16/h4-14H,1-3H3. The number of nitrogens with zero attached hydrogens (tertiary/aromatic N) is 2. The summed E-state index contributed by atoms with van der Waals surface area (Å²) in [5, 5.41) is 15.8. The van der Waals surface area contributed by atoms with Crippen LogP contribution in [0.2, 0.25) is 0 Å². The van der Waals surface area contributed by atoms with E-state index in [4.69, 9.17) is 18.6 Å². The van der Waals surface area contributed by atoms with Crippen LogP contribution in [0.4, 0.5) is 0 Å². The number of ether oxygens (including phenoxy) is 3. The molecule has 0 atom stereocenters. The zero-order valence-corrected chi connectivity index (χ0v) is 18.4. The van der Waals surface area contributed by atoms with Crippen LogP contribution in [0.5, 0.6) is 17.2 Å². The Morgan fingerprint density at radius 1 is 0.636 bits per heavy atom. The second-order valence-corrected chi connectivity index (χ2v) is 7.80. The van der Waals surface area contributed by atoms with E-state index in [0.29, 0.717) is 34.6 Å². The molecule has 6 heteroatoms. The van der Waals surface area contributed by atoms with Gasteiger partial charge in [0.15, 0.2) is 11.5 Å². The van der Waals surface area contributed by atoms with Crippen molar-refractivity contribution in [3.05, 3.63) is 66.7 Å². The normalized spacial score (nSPS) is 11.5. The Balaban J connectivity index is 1.53. The van der Waals surface area contributed by atoms with Gasteiger partial charge in [-0.05, 0) is 50.5 Å². The summed E-state index contributed by atoms with van der Waals surface area (Å²) in [6, 6.07) is 22.7. The monoisotopic (exact) mass is 436 g/mol. The molecule has 0 amide bonds. The van der Waals surface area contributed by atoms with E-state index in [1.54, 1.807) is 33.5 Å². The number of benzene rings is 5. The first-order chi connectivity index (χ1) is 16.2. The summed E-state index contributed by atoms with van der Waals surface area (Å²) in [6.45, 7) is 0. The highest BCUT2D eigenvalue weighted by atomic mass is 16.5. The third-order valence-corrected chi connectivity index (χ3v) is 6.10. The maximum absolute atomic E-state index is 6.14. The van der Waals surface area contributed by atoms with E-state index < -0.39 is 0 Å². The number of rotatable bonds is 5.